The first-order valence-corrected chi connectivity index (χ1v) is 9.67. The molecule has 1 aromatic heterocycles. The largest absolute Gasteiger partial charge is 0.336 e. The minimum absolute atomic E-state index is 0.0355. The zero-order valence-corrected chi connectivity index (χ0v) is 16.2. The van der Waals surface area contributed by atoms with Gasteiger partial charge in [-0.1, -0.05) is 37.3 Å². The summed E-state index contributed by atoms with van der Waals surface area (Å²) >= 11 is 0. The number of nitrogens with zero attached hydrogens (tertiary/aromatic N) is 3. The lowest BCUT2D eigenvalue weighted by Crippen LogP contribution is -2.49. The fraction of sp³-hybridized carbons (Fsp3) is 0.524. The Hall–Kier alpha value is -2.14. The van der Waals surface area contributed by atoms with Gasteiger partial charge in [-0.05, 0) is 44.7 Å². The number of likely N-dealkylation sites (tertiary alicyclic amines) is 1. The van der Waals surface area contributed by atoms with Crippen LogP contribution in [-0.2, 0) is 12.8 Å². The molecule has 0 radical (unpaired) electrons. The highest BCUT2D eigenvalue weighted by atomic mass is 16.2. The maximum absolute atomic E-state index is 12.9. The zero-order valence-electron chi connectivity index (χ0n) is 16.2. The molecule has 1 saturated heterocycles. The molecule has 2 heterocycles. The molecule has 0 aliphatic carbocycles. The van der Waals surface area contributed by atoms with Gasteiger partial charge in [0.15, 0.2) is 5.69 Å². The molecule has 26 heavy (non-hydrogen) atoms. The van der Waals surface area contributed by atoms with Gasteiger partial charge in [0, 0.05) is 37.4 Å². The number of carbonyl (C=O) groups excluding carboxylic acids is 1. The van der Waals surface area contributed by atoms with Gasteiger partial charge in [0.05, 0.1) is 0 Å². The molecule has 2 aromatic rings. The molecule has 1 aliphatic heterocycles. The number of H-pyrrole nitrogens is 1. The van der Waals surface area contributed by atoms with E-state index in [1.165, 1.54) is 5.56 Å². The Morgan fingerprint density at radius 1 is 1.35 bits per heavy atom. The number of benzene rings is 1. The van der Waals surface area contributed by atoms with Crippen molar-refractivity contribution in [2.45, 2.75) is 45.6 Å². The molecule has 140 valence electrons. The number of carbonyl (C=O) groups is 1. The summed E-state index contributed by atoms with van der Waals surface area (Å²) in [5, 5.41) is 7.27. The van der Waals surface area contributed by atoms with Crippen LogP contribution in [0.3, 0.4) is 0 Å². The van der Waals surface area contributed by atoms with Crippen LogP contribution in [0.25, 0.3) is 0 Å². The molecular weight excluding hydrogens is 324 g/mol. The van der Waals surface area contributed by atoms with Crippen LogP contribution in [-0.4, -0.2) is 58.6 Å². The number of amides is 1. The first-order chi connectivity index (χ1) is 12.6. The number of aromatic nitrogens is 2. The van der Waals surface area contributed by atoms with Crippen LogP contribution in [0, 0.1) is 6.92 Å². The van der Waals surface area contributed by atoms with Crippen molar-refractivity contribution in [2.75, 3.05) is 26.7 Å². The predicted octanol–water partition coefficient (Wildman–Crippen LogP) is 3.06. The van der Waals surface area contributed by atoms with Gasteiger partial charge < -0.3 is 9.80 Å². The highest BCUT2D eigenvalue weighted by Crippen LogP contribution is 2.19. The average molecular weight is 354 g/mol. The molecule has 0 spiro atoms. The Kier molecular flexibility index (Phi) is 6.09. The van der Waals surface area contributed by atoms with E-state index in [2.05, 4.69) is 52.4 Å². The molecule has 0 bridgehead atoms. The summed E-state index contributed by atoms with van der Waals surface area (Å²) in [5.41, 5.74) is 3.99. The fourth-order valence-corrected chi connectivity index (χ4v) is 3.80. The first kappa shape index (κ1) is 18.6. The summed E-state index contributed by atoms with van der Waals surface area (Å²) in [6.45, 7) is 7.16. The average Bonchev–Trinajstić information content (AvgIpc) is 3.06. The molecule has 5 heteroatoms. The summed E-state index contributed by atoms with van der Waals surface area (Å²) in [7, 11) is 1.92. The van der Waals surface area contributed by atoms with Gasteiger partial charge in [-0.2, -0.15) is 5.10 Å². The standard InChI is InChI=1S/C21H30N4O/c1-4-19-16(2)20(23-22-19)21(26)24(3)18-11-8-13-25(15-18)14-12-17-9-6-5-7-10-17/h5-7,9-10,18H,4,8,11-15H2,1-3H3,(H,22,23). The lowest BCUT2D eigenvalue weighted by molar-refractivity contribution is 0.0613. The van der Waals surface area contributed by atoms with Crippen molar-refractivity contribution in [3.05, 3.63) is 52.8 Å². The highest BCUT2D eigenvalue weighted by Gasteiger charge is 2.28. The van der Waals surface area contributed by atoms with Crippen LogP contribution < -0.4 is 0 Å². The Morgan fingerprint density at radius 2 is 2.12 bits per heavy atom. The molecule has 0 saturated carbocycles. The van der Waals surface area contributed by atoms with Crippen LogP contribution in [0.2, 0.25) is 0 Å². The van der Waals surface area contributed by atoms with Crippen LogP contribution in [0.15, 0.2) is 30.3 Å². The number of likely N-dealkylation sites (N-methyl/N-ethyl adjacent to an activating group) is 1. The van der Waals surface area contributed by atoms with Gasteiger partial charge in [-0.25, -0.2) is 0 Å². The maximum Gasteiger partial charge on any atom is 0.274 e. The second-order valence-electron chi connectivity index (χ2n) is 7.28. The fourth-order valence-electron chi connectivity index (χ4n) is 3.80. The van der Waals surface area contributed by atoms with E-state index in [-0.39, 0.29) is 11.9 Å². The molecule has 5 nitrogen and oxygen atoms in total. The summed E-state index contributed by atoms with van der Waals surface area (Å²) in [6, 6.07) is 10.9. The van der Waals surface area contributed by atoms with Crippen LogP contribution in [0.4, 0.5) is 0 Å². The Labute approximate surface area is 156 Å². The lowest BCUT2D eigenvalue weighted by Gasteiger charge is -2.37. The summed E-state index contributed by atoms with van der Waals surface area (Å²) in [5.74, 6) is 0.0355. The number of rotatable bonds is 6. The van der Waals surface area contributed by atoms with E-state index < -0.39 is 0 Å². The summed E-state index contributed by atoms with van der Waals surface area (Å²) < 4.78 is 0. The normalized spacial score (nSPS) is 18.0. The number of hydrogen-bond acceptors (Lipinski definition) is 3. The van der Waals surface area contributed by atoms with Crippen molar-refractivity contribution < 1.29 is 4.79 Å². The predicted molar refractivity (Wildman–Crippen MR) is 104 cm³/mol. The quantitative estimate of drug-likeness (QED) is 0.867. The van der Waals surface area contributed by atoms with Crippen molar-refractivity contribution in [3.63, 3.8) is 0 Å². The monoisotopic (exact) mass is 354 g/mol. The Balaban J connectivity index is 1.59. The number of aromatic amines is 1. The molecule has 1 N–H and O–H groups in total. The SMILES string of the molecule is CCc1[nH]nc(C(=O)N(C)C2CCCN(CCc3ccccc3)C2)c1C. The minimum Gasteiger partial charge on any atom is -0.336 e. The number of nitrogens with one attached hydrogen (secondary N) is 1. The van der Waals surface area contributed by atoms with Crippen molar-refractivity contribution in [3.8, 4) is 0 Å². The minimum atomic E-state index is 0.0355. The Morgan fingerprint density at radius 3 is 2.81 bits per heavy atom. The van der Waals surface area contributed by atoms with Crippen molar-refractivity contribution in [1.82, 2.24) is 20.0 Å². The van der Waals surface area contributed by atoms with Gasteiger partial charge in [0.25, 0.3) is 5.91 Å². The van der Waals surface area contributed by atoms with Gasteiger partial charge in [-0.3, -0.25) is 9.89 Å². The maximum atomic E-state index is 12.9. The third-order valence-corrected chi connectivity index (χ3v) is 5.57. The van der Waals surface area contributed by atoms with E-state index in [1.54, 1.807) is 0 Å². The topological polar surface area (TPSA) is 52.2 Å². The molecule has 1 unspecified atom stereocenters. The Bertz CT molecular complexity index is 725. The first-order valence-electron chi connectivity index (χ1n) is 9.67. The smallest absolute Gasteiger partial charge is 0.274 e. The summed E-state index contributed by atoms with van der Waals surface area (Å²) in [6.07, 6.45) is 4.13. The molecule has 3 rings (SSSR count). The molecule has 1 atom stereocenters. The van der Waals surface area contributed by atoms with Crippen LogP contribution >= 0.6 is 0 Å². The second-order valence-corrected chi connectivity index (χ2v) is 7.28. The zero-order chi connectivity index (χ0) is 18.5. The van der Waals surface area contributed by atoms with E-state index in [0.29, 0.717) is 5.69 Å². The van der Waals surface area contributed by atoms with Gasteiger partial charge in [0.2, 0.25) is 0 Å². The van der Waals surface area contributed by atoms with E-state index >= 15 is 0 Å². The van der Waals surface area contributed by atoms with Crippen LogP contribution in [0.5, 0.6) is 0 Å². The second kappa shape index (κ2) is 8.49. The molecular formula is C21H30N4O. The van der Waals surface area contributed by atoms with Crippen molar-refractivity contribution >= 4 is 5.91 Å². The number of hydrogen-bond donors (Lipinski definition) is 1. The molecule has 1 aromatic carbocycles. The van der Waals surface area contributed by atoms with Gasteiger partial charge >= 0.3 is 0 Å². The molecule has 1 fully saturated rings. The van der Waals surface area contributed by atoms with E-state index in [4.69, 9.17) is 0 Å². The number of piperidine rings is 1. The molecule has 1 aliphatic rings. The highest BCUT2D eigenvalue weighted by molar-refractivity contribution is 5.94. The van der Waals surface area contributed by atoms with Crippen molar-refractivity contribution in [2.24, 2.45) is 0 Å². The lowest BCUT2D eigenvalue weighted by atomic mass is 10.0. The van der Waals surface area contributed by atoms with Gasteiger partial charge in [-0.15, -0.1) is 0 Å². The van der Waals surface area contributed by atoms with Crippen molar-refractivity contribution in [1.29, 1.82) is 0 Å². The third-order valence-electron chi connectivity index (χ3n) is 5.57. The third kappa shape index (κ3) is 4.15. The van der Waals surface area contributed by atoms with E-state index in [0.717, 1.165) is 56.6 Å². The molecule has 1 amide bonds. The van der Waals surface area contributed by atoms with Gasteiger partial charge in [0.1, 0.15) is 0 Å². The van der Waals surface area contributed by atoms with Crippen LogP contribution in [0.1, 0.15) is 47.1 Å². The number of aryl methyl sites for hydroxylation is 1. The van der Waals surface area contributed by atoms with E-state index in [1.807, 2.05) is 18.9 Å². The van der Waals surface area contributed by atoms with E-state index in [9.17, 15) is 4.79 Å². The summed E-state index contributed by atoms with van der Waals surface area (Å²) in [4.78, 5) is 17.3.